The molecule has 0 N–H and O–H groups in total. The summed E-state index contributed by atoms with van der Waals surface area (Å²) in [5.41, 5.74) is 3.90. The SMILES string of the molecule is COc1ccc2ccccc2c1CN1CCN(C/C=C/c2cccc(C)c2)CC1. The van der Waals surface area contributed by atoms with Crippen LogP contribution >= 0.6 is 0 Å². The van der Waals surface area contributed by atoms with Crippen LogP contribution in [0.25, 0.3) is 16.8 Å². The van der Waals surface area contributed by atoms with Gasteiger partial charge >= 0.3 is 0 Å². The average Bonchev–Trinajstić information content (AvgIpc) is 2.75. The molecule has 150 valence electrons. The van der Waals surface area contributed by atoms with E-state index in [4.69, 9.17) is 4.74 Å². The lowest BCUT2D eigenvalue weighted by atomic mass is 10.0. The van der Waals surface area contributed by atoms with Crippen molar-refractivity contribution < 1.29 is 4.74 Å². The Bertz CT molecular complexity index is 987. The molecule has 1 aliphatic heterocycles. The van der Waals surface area contributed by atoms with Gasteiger partial charge in [-0.15, -0.1) is 0 Å². The Morgan fingerprint density at radius 1 is 0.897 bits per heavy atom. The van der Waals surface area contributed by atoms with Crippen LogP contribution in [0.5, 0.6) is 5.75 Å². The number of ether oxygens (including phenoxy) is 1. The van der Waals surface area contributed by atoms with E-state index in [-0.39, 0.29) is 0 Å². The number of hydrogen-bond acceptors (Lipinski definition) is 3. The van der Waals surface area contributed by atoms with Crippen molar-refractivity contribution in [2.24, 2.45) is 0 Å². The van der Waals surface area contributed by atoms with E-state index in [1.165, 1.54) is 27.5 Å². The van der Waals surface area contributed by atoms with Gasteiger partial charge in [-0.1, -0.05) is 72.3 Å². The molecule has 1 fully saturated rings. The molecule has 1 heterocycles. The summed E-state index contributed by atoms with van der Waals surface area (Å²) in [7, 11) is 1.77. The van der Waals surface area contributed by atoms with E-state index < -0.39 is 0 Å². The van der Waals surface area contributed by atoms with Crippen molar-refractivity contribution in [1.29, 1.82) is 0 Å². The van der Waals surface area contributed by atoms with Gasteiger partial charge in [0.25, 0.3) is 0 Å². The van der Waals surface area contributed by atoms with Gasteiger partial charge in [-0.2, -0.15) is 0 Å². The van der Waals surface area contributed by atoms with Crippen LogP contribution in [0.2, 0.25) is 0 Å². The van der Waals surface area contributed by atoms with Crippen LogP contribution in [-0.2, 0) is 6.54 Å². The largest absolute Gasteiger partial charge is 0.496 e. The molecule has 0 aromatic heterocycles. The highest BCUT2D eigenvalue weighted by molar-refractivity contribution is 5.87. The van der Waals surface area contributed by atoms with Crippen LogP contribution < -0.4 is 4.74 Å². The smallest absolute Gasteiger partial charge is 0.123 e. The molecule has 0 bridgehead atoms. The summed E-state index contributed by atoms with van der Waals surface area (Å²) in [5.74, 6) is 0.993. The number of piperazine rings is 1. The third-order valence-electron chi connectivity index (χ3n) is 5.78. The summed E-state index contributed by atoms with van der Waals surface area (Å²) in [6.45, 7) is 8.48. The first kappa shape index (κ1) is 19.7. The fraction of sp³-hybridized carbons (Fsp3) is 0.308. The fourth-order valence-corrected chi connectivity index (χ4v) is 4.14. The number of aryl methyl sites for hydroxylation is 1. The Hall–Kier alpha value is -2.62. The Kier molecular flexibility index (Phi) is 6.28. The fourth-order valence-electron chi connectivity index (χ4n) is 4.14. The molecule has 0 saturated carbocycles. The topological polar surface area (TPSA) is 15.7 Å². The third kappa shape index (κ3) is 4.87. The minimum absolute atomic E-state index is 0.942. The predicted molar refractivity (Wildman–Crippen MR) is 122 cm³/mol. The molecule has 29 heavy (non-hydrogen) atoms. The molecule has 3 aromatic carbocycles. The van der Waals surface area contributed by atoms with Crippen molar-refractivity contribution in [3.63, 3.8) is 0 Å². The first-order valence-corrected chi connectivity index (χ1v) is 10.5. The van der Waals surface area contributed by atoms with Gasteiger partial charge in [-0.3, -0.25) is 9.80 Å². The van der Waals surface area contributed by atoms with Crippen LogP contribution in [0, 0.1) is 6.92 Å². The number of methoxy groups -OCH3 is 1. The maximum atomic E-state index is 5.67. The Balaban J connectivity index is 1.35. The maximum absolute atomic E-state index is 5.67. The highest BCUT2D eigenvalue weighted by Gasteiger charge is 2.18. The van der Waals surface area contributed by atoms with E-state index in [0.29, 0.717) is 0 Å². The van der Waals surface area contributed by atoms with Crippen molar-refractivity contribution in [2.75, 3.05) is 39.8 Å². The molecule has 3 heteroatoms. The lowest BCUT2D eigenvalue weighted by Gasteiger charge is -2.34. The zero-order valence-corrected chi connectivity index (χ0v) is 17.5. The van der Waals surface area contributed by atoms with Crippen molar-refractivity contribution in [1.82, 2.24) is 9.80 Å². The minimum atomic E-state index is 0.942. The lowest BCUT2D eigenvalue weighted by molar-refractivity contribution is 0.136. The van der Waals surface area contributed by atoms with Crippen molar-refractivity contribution in [3.8, 4) is 5.75 Å². The number of hydrogen-bond donors (Lipinski definition) is 0. The number of benzene rings is 3. The molecule has 0 atom stereocenters. The maximum Gasteiger partial charge on any atom is 0.123 e. The van der Waals surface area contributed by atoms with E-state index in [1.54, 1.807) is 7.11 Å². The number of nitrogens with zero attached hydrogens (tertiary/aromatic N) is 2. The molecule has 0 spiro atoms. The predicted octanol–water partition coefficient (Wildman–Crippen LogP) is 4.99. The quantitative estimate of drug-likeness (QED) is 0.594. The van der Waals surface area contributed by atoms with Crippen LogP contribution in [0.1, 0.15) is 16.7 Å². The summed E-state index contributed by atoms with van der Waals surface area (Å²) in [4.78, 5) is 5.08. The van der Waals surface area contributed by atoms with Gasteiger partial charge in [0.1, 0.15) is 5.75 Å². The van der Waals surface area contributed by atoms with E-state index in [9.17, 15) is 0 Å². The molecule has 1 saturated heterocycles. The monoisotopic (exact) mass is 386 g/mol. The molecule has 0 aliphatic carbocycles. The standard InChI is InChI=1S/C26H30N2O/c1-21-7-5-8-22(19-21)9-6-14-27-15-17-28(18-16-27)20-25-24-11-4-3-10-23(24)12-13-26(25)29-2/h3-13,19H,14-18,20H2,1-2H3/b9-6+. The highest BCUT2D eigenvalue weighted by Crippen LogP contribution is 2.29. The van der Waals surface area contributed by atoms with E-state index in [1.807, 2.05) is 0 Å². The third-order valence-corrected chi connectivity index (χ3v) is 5.78. The highest BCUT2D eigenvalue weighted by atomic mass is 16.5. The van der Waals surface area contributed by atoms with Crippen LogP contribution in [0.3, 0.4) is 0 Å². The van der Waals surface area contributed by atoms with Gasteiger partial charge in [0.15, 0.2) is 0 Å². The molecule has 3 nitrogen and oxygen atoms in total. The zero-order valence-electron chi connectivity index (χ0n) is 17.5. The molecular weight excluding hydrogens is 356 g/mol. The molecule has 4 rings (SSSR count). The van der Waals surface area contributed by atoms with Crippen LogP contribution in [-0.4, -0.2) is 49.6 Å². The van der Waals surface area contributed by atoms with Gasteiger partial charge in [-0.25, -0.2) is 0 Å². The molecule has 0 unspecified atom stereocenters. The van der Waals surface area contributed by atoms with Crippen LogP contribution in [0.15, 0.2) is 66.7 Å². The van der Waals surface area contributed by atoms with Crippen molar-refractivity contribution >= 4 is 16.8 Å². The summed E-state index contributed by atoms with van der Waals surface area (Å²) < 4.78 is 5.67. The molecular formula is C26H30N2O. The second kappa shape index (κ2) is 9.25. The zero-order chi connectivity index (χ0) is 20.1. The number of rotatable bonds is 6. The number of fused-ring (bicyclic) bond motifs is 1. The first-order valence-electron chi connectivity index (χ1n) is 10.5. The minimum Gasteiger partial charge on any atom is -0.496 e. The Morgan fingerprint density at radius 2 is 1.69 bits per heavy atom. The van der Waals surface area contributed by atoms with Crippen molar-refractivity contribution in [2.45, 2.75) is 13.5 Å². The van der Waals surface area contributed by atoms with E-state index in [2.05, 4.69) is 89.5 Å². The van der Waals surface area contributed by atoms with Gasteiger partial charge in [0.05, 0.1) is 7.11 Å². The Morgan fingerprint density at radius 3 is 2.48 bits per heavy atom. The van der Waals surface area contributed by atoms with E-state index in [0.717, 1.165) is 45.0 Å². The Labute approximate surface area is 174 Å². The molecule has 3 aromatic rings. The summed E-state index contributed by atoms with van der Waals surface area (Å²) in [6.07, 6.45) is 4.53. The summed E-state index contributed by atoms with van der Waals surface area (Å²) in [5, 5.41) is 2.58. The summed E-state index contributed by atoms with van der Waals surface area (Å²) in [6, 6.07) is 21.5. The second-order valence-electron chi connectivity index (χ2n) is 7.86. The van der Waals surface area contributed by atoms with Gasteiger partial charge < -0.3 is 4.74 Å². The first-order chi connectivity index (χ1) is 14.2. The van der Waals surface area contributed by atoms with Crippen molar-refractivity contribution in [3.05, 3.63) is 83.4 Å². The van der Waals surface area contributed by atoms with Gasteiger partial charge in [0, 0.05) is 44.8 Å². The normalized spacial score (nSPS) is 15.9. The molecule has 1 aliphatic rings. The van der Waals surface area contributed by atoms with E-state index >= 15 is 0 Å². The van der Waals surface area contributed by atoms with Crippen LogP contribution in [0.4, 0.5) is 0 Å². The van der Waals surface area contributed by atoms with Gasteiger partial charge in [-0.05, 0) is 29.3 Å². The average molecular weight is 387 g/mol. The summed E-state index contributed by atoms with van der Waals surface area (Å²) >= 11 is 0. The van der Waals surface area contributed by atoms with Gasteiger partial charge in [0.2, 0.25) is 0 Å². The molecule has 0 radical (unpaired) electrons. The lowest BCUT2D eigenvalue weighted by Crippen LogP contribution is -2.45. The second-order valence-corrected chi connectivity index (χ2v) is 7.86. The molecule has 0 amide bonds.